The molecular weight excluding hydrogens is 324 g/mol. The van der Waals surface area contributed by atoms with Gasteiger partial charge in [-0.1, -0.05) is 66.7 Å². The second-order valence-electron chi connectivity index (χ2n) is 7.23. The van der Waals surface area contributed by atoms with Gasteiger partial charge in [0.05, 0.1) is 17.3 Å². The first-order valence-electron chi connectivity index (χ1n) is 8.63. The first-order valence-corrected chi connectivity index (χ1v) is 9.14. The Hall–Kier alpha value is -2.26. The van der Waals surface area contributed by atoms with Crippen molar-refractivity contribution >= 4 is 29.2 Å². The van der Waals surface area contributed by atoms with Gasteiger partial charge in [-0.25, -0.2) is 0 Å². The van der Waals surface area contributed by atoms with Crippen LogP contribution in [0.2, 0.25) is 0 Å². The van der Waals surface area contributed by atoms with Gasteiger partial charge < -0.3 is 5.32 Å². The fourth-order valence-electron chi connectivity index (χ4n) is 3.44. The molecule has 1 aliphatic heterocycles. The van der Waals surface area contributed by atoms with E-state index in [1.807, 2.05) is 0 Å². The van der Waals surface area contributed by atoms with Crippen LogP contribution in [0.5, 0.6) is 0 Å². The molecule has 1 heterocycles. The Morgan fingerprint density at radius 2 is 1.60 bits per heavy atom. The largest absolute Gasteiger partial charge is 0.363 e. The van der Waals surface area contributed by atoms with Crippen LogP contribution in [-0.2, 0) is 0 Å². The highest BCUT2D eigenvalue weighted by Crippen LogP contribution is 2.35. The molecule has 0 bridgehead atoms. The molecule has 0 aliphatic carbocycles. The van der Waals surface area contributed by atoms with Crippen LogP contribution in [0.25, 0.3) is 10.8 Å². The van der Waals surface area contributed by atoms with Crippen molar-refractivity contribution in [2.24, 2.45) is 4.99 Å². The zero-order chi connectivity index (χ0) is 17.4. The lowest BCUT2D eigenvalue weighted by Gasteiger charge is -2.21. The standard InChI is InChI=1S/C22H22N2S/c1-22(2)14-23-21(24-22)19-12-6-5-11-18(19)20(25)17-13-7-9-15-8-3-4-10-16(15)17/h3-13,20,25H,14H2,1-2H3,(H,23,24). The minimum absolute atomic E-state index is 0.00416. The summed E-state index contributed by atoms with van der Waals surface area (Å²) in [5, 5.41) is 6.04. The van der Waals surface area contributed by atoms with Crippen LogP contribution in [0.3, 0.4) is 0 Å². The van der Waals surface area contributed by atoms with Gasteiger partial charge in [0.1, 0.15) is 5.84 Å². The molecule has 126 valence electrons. The minimum Gasteiger partial charge on any atom is -0.363 e. The van der Waals surface area contributed by atoms with Crippen molar-refractivity contribution in [2.45, 2.75) is 24.6 Å². The first kappa shape index (κ1) is 16.2. The van der Waals surface area contributed by atoms with Gasteiger partial charge in [0.2, 0.25) is 0 Å². The van der Waals surface area contributed by atoms with Gasteiger partial charge in [-0.2, -0.15) is 12.6 Å². The summed E-state index contributed by atoms with van der Waals surface area (Å²) in [4.78, 5) is 4.73. The van der Waals surface area contributed by atoms with Crippen molar-refractivity contribution in [3.8, 4) is 0 Å². The minimum atomic E-state index is -0.00416. The Kier molecular flexibility index (Phi) is 4.04. The van der Waals surface area contributed by atoms with E-state index in [4.69, 9.17) is 17.6 Å². The highest BCUT2D eigenvalue weighted by atomic mass is 32.1. The number of rotatable bonds is 3. The van der Waals surface area contributed by atoms with Crippen molar-refractivity contribution in [1.82, 2.24) is 5.32 Å². The fourth-order valence-corrected chi connectivity index (χ4v) is 3.89. The van der Waals surface area contributed by atoms with Crippen LogP contribution in [0.1, 0.15) is 35.8 Å². The molecule has 0 amide bonds. The number of nitrogens with zero attached hydrogens (tertiary/aromatic N) is 1. The van der Waals surface area contributed by atoms with E-state index in [0.29, 0.717) is 0 Å². The lowest BCUT2D eigenvalue weighted by molar-refractivity contribution is 0.506. The van der Waals surface area contributed by atoms with Crippen LogP contribution in [0.15, 0.2) is 71.7 Å². The number of nitrogens with one attached hydrogen (secondary N) is 1. The third-order valence-electron chi connectivity index (χ3n) is 4.72. The van der Waals surface area contributed by atoms with E-state index in [2.05, 4.69) is 85.9 Å². The van der Waals surface area contributed by atoms with Gasteiger partial charge in [0.25, 0.3) is 0 Å². The predicted octanol–water partition coefficient (Wildman–Crippen LogP) is 4.99. The molecule has 1 aliphatic rings. The summed E-state index contributed by atoms with van der Waals surface area (Å²) >= 11 is 5.01. The Morgan fingerprint density at radius 3 is 2.40 bits per heavy atom. The second-order valence-corrected chi connectivity index (χ2v) is 7.75. The molecule has 0 saturated carbocycles. The summed E-state index contributed by atoms with van der Waals surface area (Å²) in [6.45, 7) is 5.15. The van der Waals surface area contributed by atoms with Crippen molar-refractivity contribution in [2.75, 3.05) is 6.54 Å². The molecule has 0 radical (unpaired) electrons. The van der Waals surface area contributed by atoms with E-state index >= 15 is 0 Å². The molecule has 0 saturated heterocycles. The van der Waals surface area contributed by atoms with Gasteiger partial charge >= 0.3 is 0 Å². The molecule has 3 aromatic rings. The van der Waals surface area contributed by atoms with E-state index < -0.39 is 0 Å². The number of hydrogen-bond donors (Lipinski definition) is 2. The maximum atomic E-state index is 5.01. The van der Waals surface area contributed by atoms with Gasteiger partial charge in [-0.15, -0.1) is 0 Å². The maximum absolute atomic E-state index is 5.01. The molecule has 3 aromatic carbocycles. The zero-order valence-corrected chi connectivity index (χ0v) is 15.4. The summed E-state index contributed by atoms with van der Waals surface area (Å²) < 4.78 is 0. The Morgan fingerprint density at radius 1 is 0.920 bits per heavy atom. The fraction of sp³-hybridized carbons (Fsp3) is 0.227. The van der Waals surface area contributed by atoms with Crippen molar-refractivity contribution < 1.29 is 0 Å². The van der Waals surface area contributed by atoms with Gasteiger partial charge in [-0.05, 0) is 35.7 Å². The van der Waals surface area contributed by atoms with E-state index in [9.17, 15) is 0 Å². The average molecular weight is 346 g/mol. The predicted molar refractivity (Wildman–Crippen MR) is 110 cm³/mol. The van der Waals surface area contributed by atoms with Crippen LogP contribution in [-0.4, -0.2) is 17.9 Å². The third-order valence-corrected chi connectivity index (χ3v) is 5.27. The Labute approximate surface area is 154 Å². The first-order chi connectivity index (χ1) is 12.1. The average Bonchev–Trinajstić information content (AvgIpc) is 3.00. The Bertz CT molecular complexity index is 954. The quantitative estimate of drug-likeness (QED) is 0.642. The van der Waals surface area contributed by atoms with Crippen LogP contribution in [0.4, 0.5) is 0 Å². The van der Waals surface area contributed by atoms with Crippen molar-refractivity contribution in [1.29, 1.82) is 0 Å². The van der Waals surface area contributed by atoms with Gasteiger partial charge in [0, 0.05) is 5.56 Å². The third kappa shape index (κ3) is 3.05. The summed E-state index contributed by atoms with van der Waals surface area (Å²) in [7, 11) is 0. The van der Waals surface area contributed by atoms with Gasteiger partial charge in [-0.3, -0.25) is 4.99 Å². The molecule has 1 N–H and O–H groups in total. The number of hydrogen-bond acceptors (Lipinski definition) is 3. The summed E-state index contributed by atoms with van der Waals surface area (Å²) in [5.74, 6) is 0.972. The molecule has 2 nitrogen and oxygen atoms in total. The molecule has 4 rings (SSSR count). The lowest BCUT2D eigenvalue weighted by Crippen LogP contribution is -2.40. The van der Waals surface area contributed by atoms with E-state index in [1.165, 1.54) is 21.9 Å². The molecule has 1 unspecified atom stereocenters. The molecule has 25 heavy (non-hydrogen) atoms. The van der Waals surface area contributed by atoms with Crippen LogP contribution >= 0.6 is 12.6 Å². The molecular formula is C22H22N2S. The number of aliphatic imine (C=N–C) groups is 1. The number of benzene rings is 3. The number of amidine groups is 1. The molecule has 0 aromatic heterocycles. The topological polar surface area (TPSA) is 24.4 Å². The summed E-state index contributed by atoms with van der Waals surface area (Å²) in [6, 6.07) is 23.4. The normalized spacial score (nSPS) is 17.2. The molecule has 0 spiro atoms. The number of thiol groups is 1. The highest BCUT2D eigenvalue weighted by molar-refractivity contribution is 7.80. The van der Waals surface area contributed by atoms with E-state index in [0.717, 1.165) is 17.9 Å². The highest BCUT2D eigenvalue weighted by Gasteiger charge is 2.27. The second kappa shape index (κ2) is 6.23. The van der Waals surface area contributed by atoms with Crippen molar-refractivity contribution in [3.63, 3.8) is 0 Å². The zero-order valence-electron chi connectivity index (χ0n) is 14.5. The van der Waals surface area contributed by atoms with Crippen LogP contribution in [0, 0.1) is 0 Å². The SMILES string of the molecule is CC1(C)CN=C(c2ccccc2C(S)c2cccc3ccccc23)N1. The molecule has 1 atom stereocenters. The Balaban J connectivity index is 1.80. The molecule has 0 fully saturated rings. The number of fused-ring (bicyclic) bond motifs is 1. The molecule has 3 heteroatoms. The maximum Gasteiger partial charge on any atom is 0.129 e. The van der Waals surface area contributed by atoms with Crippen molar-refractivity contribution in [3.05, 3.63) is 83.4 Å². The smallest absolute Gasteiger partial charge is 0.129 e. The van der Waals surface area contributed by atoms with Crippen LogP contribution < -0.4 is 5.32 Å². The summed E-state index contributed by atoms with van der Waals surface area (Å²) in [5.41, 5.74) is 3.56. The van der Waals surface area contributed by atoms with Gasteiger partial charge in [0.15, 0.2) is 0 Å². The lowest BCUT2D eigenvalue weighted by atomic mass is 9.94. The van der Waals surface area contributed by atoms with E-state index in [1.54, 1.807) is 0 Å². The monoisotopic (exact) mass is 346 g/mol. The van der Waals surface area contributed by atoms with E-state index in [-0.39, 0.29) is 10.8 Å². The summed E-state index contributed by atoms with van der Waals surface area (Å²) in [6.07, 6.45) is 0.